The van der Waals surface area contributed by atoms with E-state index in [2.05, 4.69) is 20.1 Å². The zero-order chi connectivity index (χ0) is 26.1. The van der Waals surface area contributed by atoms with E-state index in [-0.39, 0.29) is 34.6 Å². The Bertz CT molecular complexity index is 1630. The van der Waals surface area contributed by atoms with Crippen LogP contribution in [0.3, 0.4) is 0 Å². The molecule has 4 aromatic rings. The zero-order valence-electron chi connectivity index (χ0n) is 20.6. The van der Waals surface area contributed by atoms with Crippen LogP contribution in [0.15, 0.2) is 29.7 Å². The molecule has 192 valence electrons. The summed E-state index contributed by atoms with van der Waals surface area (Å²) in [7, 11) is -3.70. The van der Waals surface area contributed by atoms with Gasteiger partial charge in [-0.1, -0.05) is 0 Å². The third-order valence-corrected chi connectivity index (χ3v) is 9.38. The molecule has 6 rings (SSSR count). The number of nitrogen functional groups attached to an aromatic ring is 1. The smallest absolute Gasteiger partial charge is 0.219 e. The van der Waals surface area contributed by atoms with Gasteiger partial charge in [-0.2, -0.15) is 9.61 Å². The average Bonchev–Trinajstić information content (AvgIpc) is 3.54. The molecule has 2 bridgehead atoms. The second-order valence-electron chi connectivity index (χ2n) is 9.82. The highest BCUT2D eigenvalue weighted by Gasteiger charge is 2.44. The van der Waals surface area contributed by atoms with Gasteiger partial charge in [0.25, 0.3) is 0 Å². The lowest BCUT2D eigenvalue weighted by Gasteiger charge is -2.38. The molecule has 0 aliphatic carbocycles. The standard InChI is InChI=1S/C24H26N8O3S2/c1-12-8-28-24(36-12)19-11-26-18(10-27-19)17-9-29-32-22(25)21(37(3,34)35)20(30-23(17)32)14-6-15-4-5-16(7-14)31(15)13(2)33/h8-11,14-16H,4-7,25H2,1-3H3/t14-,15-,16+. The van der Waals surface area contributed by atoms with Crippen molar-refractivity contribution in [3.63, 3.8) is 0 Å². The molecule has 2 aliphatic rings. The fourth-order valence-electron chi connectivity index (χ4n) is 5.82. The van der Waals surface area contributed by atoms with E-state index >= 15 is 0 Å². The van der Waals surface area contributed by atoms with Crippen LogP contribution in [0.25, 0.3) is 27.6 Å². The van der Waals surface area contributed by atoms with Crippen LogP contribution in [0.2, 0.25) is 0 Å². The predicted molar refractivity (Wildman–Crippen MR) is 139 cm³/mol. The van der Waals surface area contributed by atoms with Gasteiger partial charge in [0.15, 0.2) is 15.5 Å². The third-order valence-electron chi connectivity index (χ3n) is 7.29. The maximum atomic E-state index is 12.9. The van der Waals surface area contributed by atoms with Gasteiger partial charge in [0, 0.05) is 42.3 Å². The number of nitrogens with zero attached hydrogens (tertiary/aromatic N) is 7. The maximum absolute atomic E-state index is 12.9. The highest BCUT2D eigenvalue weighted by molar-refractivity contribution is 7.91. The summed E-state index contributed by atoms with van der Waals surface area (Å²) >= 11 is 1.54. The number of fused-ring (bicyclic) bond motifs is 3. The minimum Gasteiger partial charge on any atom is -0.382 e. The van der Waals surface area contributed by atoms with E-state index in [1.165, 1.54) is 15.9 Å². The van der Waals surface area contributed by atoms with E-state index in [1.807, 2.05) is 11.8 Å². The summed E-state index contributed by atoms with van der Waals surface area (Å²) in [5, 5.41) is 5.13. The normalized spacial score (nSPS) is 21.6. The number of amides is 1. The lowest BCUT2D eigenvalue weighted by atomic mass is 9.87. The lowest BCUT2D eigenvalue weighted by Crippen LogP contribution is -2.45. The predicted octanol–water partition coefficient (Wildman–Crippen LogP) is 2.86. The molecule has 0 spiro atoms. The minimum atomic E-state index is -3.70. The van der Waals surface area contributed by atoms with E-state index in [0.717, 1.165) is 29.0 Å². The first-order valence-corrected chi connectivity index (χ1v) is 14.7. The fourth-order valence-corrected chi connectivity index (χ4v) is 7.60. The van der Waals surface area contributed by atoms with Crippen molar-refractivity contribution >= 4 is 38.5 Å². The summed E-state index contributed by atoms with van der Waals surface area (Å²) in [4.78, 5) is 33.6. The van der Waals surface area contributed by atoms with Crippen molar-refractivity contribution in [2.24, 2.45) is 0 Å². The Morgan fingerprint density at radius 1 is 1.05 bits per heavy atom. The number of rotatable bonds is 4. The van der Waals surface area contributed by atoms with Crippen molar-refractivity contribution in [2.75, 3.05) is 12.0 Å². The number of anilines is 1. The van der Waals surface area contributed by atoms with Crippen molar-refractivity contribution in [1.82, 2.24) is 34.4 Å². The van der Waals surface area contributed by atoms with Crippen molar-refractivity contribution in [2.45, 2.75) is 62.4 Å². The van der Waals surface area contributed by atoms with Crippen molar-refractivity contribution < 1.29 is 13.2 Å². The fraction of sp³-hybridized carbons (Fsp3) is 0.417. The van der Waals surface area contributed by atoms with Gasteiger partial charge in [-0.25, -0.2) is 23.4 Å². The Balaban J connectivity index is 1.45. The van der Waals surface area contributed by atoms with E-state index in [0.29, 0.717) is 41.1 Å². The number of piperidine rings is 1. The number of aromatic nitrogens is 6. The summed E-state index contributed by atoms with van der Waals surface area (Å²) in [6, 6.07) is 0.149. The molecule has 11 nitrogen and oxygen atoms in total. The maximum Gasteiger partial charge on any atom is 0.219 e. The van der Waals surface area contributed by atoms with Crippen molar-refractivity contribution in [3.05, 3.63) is 35.4 Å². The molecule has 0 radical (unpaired) electrons. The first-order valence-electron chi connectivity index (χ1n) is 12.0. The number of aryl methyl sites for hydroxylation is 1. The highest BCUT2D eigenvalue weighted by atomic mass is 32.2. The molecule has 37 heavy (non-hydrogen) atoms. The van der Waals surface area contributed by atoms with Crippen LogP contribution in [0, 0.1) is 6.92 Å². The summed E-state index contributed by atoms with van der Waals surface area (Å²) < 4.78 is 27.2. The quantitative estimate of drug-likeness (QED) is 0.414. The molecule has 6 heterocycles. The zero-order valence-corrected chi connectivity index (χ0v) is 22.3. The van der Waals surface area contributed by atoms with Crippen LogP contribution < -0.4 is 5.73 Å². The molecule has 13 heteroatoms. The van der Waals surface area contributed by atoms with Crippen LogP contribution in [0.4, 0.5) is 5.82 Å². The number of carbonyl (C=O) groups excluding carboxylic acids is 1. The molecule has 2 aliphatic heterocycles. The first-order chi connectivity index (χ1) is 17.6. The van der Waals surface area contributed by atoms with Gasteiger partial charge >= 0.3 is 0 Å². The minimum absolute atomic E-state index is 0.0101. The lowest BCUT2D eigenvalue weighted by molar-refractivity contribution is -0.133. The number of sulfone groups is 1. The van der Waals surface area contributed by atoms with Gasteiger partial charge < -0.3 is 10.6 Å². The molecule has 2 saturated heterocycles. The molecule has 2 N–H and O–H groups in total. The second kappa shape index (κ2) is 8.55. The Morgan fingerprint density at radius 3 is 2.30 bits per heavy atom. The molecule has 0 saturated carbocycles. The van der Waals surface area contributed by atoms with Gasteiger partial charge in [-0.05, 0) is 32.6 Å². The van der Waals surface area contributed by atoms with Crippen LogP contribution >= 0.6 is 11.3 Å². The Morgan fingerprint density at radius 2 is 1.73 bits per heavy atom. The van der Waals surface area contributed by atoms with Crippen molar-refractivity contribution in [1.29, 1.82) is 0 Å². The third kappa shape index (κ3) is 3.96. The number of hydrogen-bond acceptors (Lipinski definition) is 10. The Labute approximate surface area is 217 Å². The summed E-state index contributed by atoms with van der Waals surface area (Å²) in [5.41, 5.74) is 9.12. The summed E-state index contributed by atoms with van der Waals surface area (Å²) in [6.07, 6.45) is 10.9. The molecule has 0 aromatic carbocycles. The van der Waals surface area contributed by atoms with E-state index in [4.69, 9.17) is 10.7 Å². The van der Waals surface area contributed by atoms with Crippen molar-refractivity contribution in [3.8, 4) is 22.0 Å². The van der Waals surface area contributed by atoms with E-state index < -0.39 is 9.84 Å². The van der Waals surface area contributed by atoms with Crippen LogP contribution in [-0.2, 0) is 14.6 Å². The summed E-state index contributed by atoms with van der Waals surface area (Å²) in [5.74, 6) is -0.0577. The summed E-state index contributed by atoms with van der Waals surface area (Å²) in [6.45, 7) is 3.58. The number of nitrogens with two attached hydrogens (primary N) is 1. The van der Waals surface area contributed by atoms with Crippen LogP contribution in [-0.4, -0.2) is 67.1 Å². The molecule has 1 amide bonds. The first kappa shape index (κ1) is 23.9. The Hall–Kier alpha value is -3.45. The number of hydrogen-bond donors (Lipinski definition) is 1. The largest absolute Gasteiger partial charge is 0.382 e. The molecule has 3 atom stereocenters. The van der Waals surface area contributed by atoms with E-state index in [1.54, 1.807) is 31.7 Å². The molecule has 0 unspecified atom stereocenters. The molecule has 2 fully saturated rings. The monoisotopic (exact) mass is 538 g/mol. The SMILES string of the molecule is CC(=O)N1[C@@H]2CC[C@H]1C[C@H](c1nc3c(-c4cnc(-c5ncc(C)s5)cn4)cnn3c(N)c1S(C)(=O)=O)C2. The topological polar surface area (TPSA) is 149 Å². The second-order valence-corrected chi connectivity index (χ2v) is 13.0. The molecular weight excluding hydrogens is 512 g/mol. The highest BCUT2D eigenvalue weighted by Crippen LogP contribution is 2.45. The van der Waals surface area contributed by atoms with Gasteiger partial charge in [0.2, 0.25) is 5.91 Å². The van der Waals surface area contributed by atoms with Gasteiger partial charge in [0.1, 0.15) is 21.4 Å². The van der Waals surface area contributed by atoms with Crippen LogP contribution in [0.1, 0.15) is 49.1 Å². The molecular formula is C24H26N8O3S2. The average molecular weight is 539 g/mol. The van der Waals surface area contributed by atoms with E-state index in [9.17, 15) is 13.2 Å². The van der Waals surface area contributed by atoms with Crippen LogP contribution in [0.5, 0.6) is 0 Å². The van der Waals surface area contributed by atoms with Gasteiger partial charge in [-0.3, -0.25) is 9.78 Å². The molecule has 4 aromatic heterocycles. The number of thiazole rings is 1. The number of carbonyl (C=O) groups is 1. The van der Waals surface area contributed by atoms with Gasteiger partial charge in [-0.15, -0.1) is 11.3 Å². The van der Waals surface area contributed by atoms with Gasteiger partial charge in [0.05, 0.1) is 35.5 Å². The Kier molecular flexibility index (Phi) is 5.53.